The van der Waals surface area contributed by atoms with E-state index in [9.17, 15) is 0 Å². The lowest BCUT2D eigenvalue weighted by atomic mass is 10.1. The summed E-state index contributed by atoms with van der Waals surface area (Å²) in [5.41, 5.74) is 3.61. The standard InChI is InChI=1S/C23H31N3O2.HI/c1-24-23(26(2)15-22-12-13-27-18-22)25-14-19-8-10-21(11-9-19)17-28-16-20-6-4-3-5-7-20;/h3-11,22H,12-18H2,1-2H3,(H,24,25);1H. The fraction of sp³-hybridized carbons (Fsp3) is 0.435. The van der Waals surface area contributed by atoms with Crippen LogP contribution in [0.3, 0.4) is 0 Å². The van der Waals surface area contributed by atoms with Crippen molar-refractivity contribution in [2.75, 3.05) is 33.9 Å². The molecule has 1 aliphatic rings. The van der Waals surface area contributed by atoms with Crippen LogP contribution < -0.4 is 5.32 Å². The maximum atomic E-state index is 5.80. The number of benzene rings is 2. The molecule has 1 saturated heterocycles. The Morgan fingerprint density at radius 2 is 1.72 bits per heavy atom. The van der Waals surface area contributed by atoms with Crippen LogP contribution in [0.2, 0.25) is 0 Å². The van der Waals surface area contributed by atoms with Crippen LogP contribution >= 0.6 is 24.0 Å². The van der Waals surface area contributed by atoms with Gasteiger partial charge in [-0.15, -0.1) is 24.0 Å². The van der Waals surface area contributed by atoms with Crippen LogP contribution in [0.15, 0.2) is 59.6 Å². The van der Waals surface area contributed by atoms with Crippen LogP contribution in [0.5, 0.6) is 0 Å². The van der Waals surface area contributed by atoms with Gasteiger partial charge in [0.2, 0.25) is 0 Å². The van der Waals surface area contributed by atoms with Gasteiger partial charge in [-0.25, -0.2) is 0 Å². The van der Waals surface area contributed by atoms with Crippen LogP contribution in [0.25, 0.3) is 0 Å². The minimum absolute atomic E-state index is 0. The van der Waals surface area contributed by atoms with E-state index in [1.165, 1.54) is 16.7 Å². The monoisotopic (exact) mass is 509 g/mol. The zero-order chi connectivity index (χ0) is 19.6. The zero-order valence-corrected chi connectivity index (χ0v) is 19.7. The van der Waals surface area contributed by atoms with Crippen LogP contribution in [-0.4, -0.2) is 44.7 Å². The summed E-state index contributed by atoms with van der Waals surface area (Å²) in [4.78, 5) is 6.59. The Labute approximate surface area is 191 Å². The number of nitrogens with one attached hydrogen (secondary N) is 1. The largest absolute Gasteiger partial charge is 0.381 e. The van der Waals surface area contributed by atoms with Gasteiger partial charge in [-0.2, -0.15) is 0 Å². The molecule has 2 aromatic carbocycles. The summed E-state index contributed by atoms with van der Waals surface area (Å²) >= 11 is 0. The molecule has 0 aliphatic carbocycles. The highest BCUT2D eigenvalue weighted by molar-refractivity contribution is 14.0. The van der Waals surface area contributed by atoms with Gasteiger partial charge < -0.3 is 19.7 Å². The van der Waals surface area contributed by atoms with E-state index in [0.29, 0.717) is 19.1 Å². The predicted octanol–water partition coefficient (Wildman–Crippen LogP) is 4.07. The number of guanidine groups is 1. The predicted molar refractivity (Wildman–Crippen MR) is 129 cm³/mol. The SMILES string of the molecule is CN=C(NCc1ccc(COCc2ccccc2)cc1)N(C)CC1CCOC1.I. The molecule has 1 fully saturated rings. The minimum Gasteiger partial charge on any atom is -0.381 e. The average molecular weight is 509 g/mol. The summed E-state index contributed by atoms with van der Waals surface area (Å²) in [6, 6.07) is 18.8. The van der Waals surface area contributed by atoms with Gasteiger partial charge in [-0.3, -0.25) is 4.99 Å². The maximum Gasteiger partial charge on any atom is 0.193 e. The normalized spacial score (nSPS) is 16.3. The van der Waals surface area contributed by atoms with E-state index < -0.39 is 0 Å². The quantitative estimate of drug-likeness (QED) is 0.331. The highest BCUT2D eigenvalue weighted by Gasteiger charge is 2.18. The summed E-state index contributed by atoms with van der Waals surface area (Å²) in [6.45, 7) is 4.72. The third-order valence-electron chi connectivity index (χ3n) is 4.98. The van der Waals surface area contributed by atoms with Crippen molar-refractivity contribution in [3.63, 3.8) is 0 Å². The van der Waals surface area contributed by atoms with Crippen molar-refractivity contribution in [2.45, 2.75) is 26.2 Å². The lowest BCUT2D eigenvalue weighted by molar-refractivity contribution is 0.107. The van der Waals surface area contributed by atoms with Crippen molar-refractivity contribution >= 4 is 29.9 Å². The molecule has 0 spiro atoms. The van der Waals surface area contributed by atoms with Gasteiger partial charge >= 0.3 is 0 Å². The van der Waals surface area contributed by atoms with Crippen LogP contribution in [-0.2, 0) is 29.2 Å². The summed E-state index contributed by atoms with van der Waals surface area (Å²) in [7, 11) is 3.91. The van der Waals surface area contributed by atoms with Gasteiger partial charge in [0, 0.05) is 39.7 Å². The maximum absolute atomic E-state index is 5.80. The highest BCUT2D eigenvalue weighted by atomic mass is 127. The van der Waals surface area contributed by atoms with Crippen molar-refractivity contribution in [1.82, 2.24) is 10.2 Å². The van der Waals surface area contributed by atoms with E-state index in [1.807, 2.05) is 25.2 Å². The van der Waals surface area contributed by atoms with Crippen molar-refractivity contribution in [1.29, 1.82) is 0 Å². The third-order valence-corrected chi connectivity index (χ3v) is 4.98. The molecule has 3 rings (SSSR count). The number of hydrogen-bond acceptors (Lipinski definition) is 3. The first-order valence-electron chi connectivity index (χ1n) is 9.93. The topological polar surface area (TPSA) is 46.1 Å². The fourth-order valence-corrected chi connectivity index (χ4v) is 3.38. The Bertz CT molecular complexity index is 732. The minimum atomic E-state index is 0. The molecule has 1 unspecified atom stereocenters. The lowest BCUT2D eigenvalue weighted by Crippen LogP contribution is -2.41. The smallest absolute Gasteiger partial charge is 0.193 e. The molecule has 0 amide bonds. The van der Waals surface area contributed by atoms with Gasteiger partial charge in [0.25, 0.3) is 0 Å². The second kappa shape index (κ2) is 12.8. The first-order valence-corrected chi connectivity index (χ1v) is 9.93. The molecule has 6 heteroatoms. The highest BCUT2D eigenvalue weighted by Crippen LogP contribution is 2.13. The second-order valence-electron chi connectivity index (χ2n) is 7.31. The van der Waals surface area contributed by atoms with Gasteiger partial charge in [-0.1, -0.05) is 54.6 Å². The Morgan fingerprint density at radius 3 is 2.34 bits per heavy atom. The number of rotatable bonds is 8. The molecule has 1 N–H and O–H groups in total. The van der Waals surface area contributed by atoms with E-state index in [0.717, 1.165) is 38.7 Å². The summed E-state index contributed by atoms with van der Waals surface area (Å²) in [5.74, 6) is 1.51. The van der Waals surface area contributed by atoms with Crippen molar-refractivity contribution in [2.24, 2.45) is 10.9 Å². The number of aliphatic imine (C=N–C) groups is 1. The fourth-order valence-electron chi connectivity index (χ4n) is 3.38. The number of nitrogens with zero attached hydrogens (tertiary/aromatic N) is 2. The van der Waals surface area contributed by atoms with Crippen LogP contribution in [0.4, 0.5) is 0 Å². The molecule has 1 atom stereocenters. The molecule has 5 nitrogen and oxygen atoms in total. The van der Waals surface area contributed by atoms with E-state index in [2.05, 4.69) is 58.7 Å². The Hall–Kier alpha value is -1.64. The third kappa shape index (κ3) is 7.95. The molecule has 29 heavy (non-hydrogen) atoms. The molecule has 0 radical (unpaired) electrons. The van der Waals surface area contributed by atoms with Crippen molar-refractivity contribution in [3.05, 3.63) is 71.3 Å². The van der Waals surface area contributed by atoms with Crippen LogP contribution in [0.1, 0.15) is 23.1 Å². The molecule has 0 saturated carbocycles. The molecule has 2 aromatic rings. The number of hydrogen-bond donors (Lipinski definition) is 1. The van der Waals surface area contributed by atoms with E-state index >= 15 is 0 Å². The molecule has 1 heterocycles. The number of ether oxygens (including phenoxy) is 2. The number of halogens is 1. The van der Waals surface area contributed by atoms with E-state index in [1.54, 1.807) is 0 Å². The first-order chi connectivity index (χ1) is 13.7. The molecular formula is C23H32IN3O2. The van der Waals surface area contributed by atoms with E-state index in [-0.39, 0.29) is 24.0 Å². The molecule has 158 valence electrons. The second-order valence-corrected chi connectivity index (χ2v) is 7.31. The van der Waals surface area contributed by atoms with Crippen molar-refractivity contribution < 1.29 is 9.47 Å². The molecule has 0 aromatic heterocycles. The summed E-state index contributed by atoms with van der Waals surface area (Å²) < 4.78 is 11.3. The first kappa shape index (κ1) is 23.6. The summed E-state index contributed by atoms with van der Waals surface area (Å²) in [5, 5.41) is 3.45. The zero-order valence-electron chi connectivity index (χ0n) is 17.3. The van der Waals surface area contributed by atoms with Gasteiger partial charge in [0.15, 0.2) is 5.96 Å². The van der Waals surface area contributed by atoms with Gasteiger partial charge in [0.05, 0.1) is 19.8 Å². The van der Waals surface area contributed by atoms with Gasteiger partial charge in [0.1, 0.15) is 0 Å². The molecule has 0 bridgehead atoms. The average Bonchev–Trinajstić information content (AvgIpc) is 3.23. The van der Waals surface area contributed by atoms with Gasteiger partial charge in [-0.05, 0) is 23.1 Å². The molecule has 1 aliphatic heterocycles. The Morgan fingerprint density at radius 1 is 1.07 bits per heavy atom. The lowest BCUT2D eigenvalue weighted by Gasteiger charge is -2.24. The van der Waals surface area contributed by atoms with E-state index in [4.69, 9.17) is 9.47 Å². The Balaban J connectivity index is 0.00000300. The summed E-state index contributed by atoms with van der Waals surface area (Å²) in [6.07, 6.45) is 1.13. The molecular weight excluding hydrogens is 477 g/mol. The van der Waals surface area contributed by atoms with Crippen molar-refractivity contribution in [3.8, 4) is 0 Å². The Kier molecular flexibility index (Phi) is 10.5. The van der Waals surface area contributed by atoms with Crippen LogP contribution in [0, 0.1) is 5.92 Å².